The zero-order chi connectivity index (χ0) is 14.5. The summed E-state index contributed by atoms with van der Waals surface area (Å²) >= 11 is 0. The second kappa shape index (κ2) is 6.09. The van der Waals surface area contributed by atoms with Crippen LogP contribution in [0.4, 0.5) is 0 Å². The van der Waals surface area contributed by atoms with E-state index in [1.165, 1.54) is 0 Å². The molecule has 0 aliphatic carbocycles. The van der Waals surface area contributed by atoms with Gasteiger partial charge in [-0.15, -0.1) is 0 Å². The van der Waals surface area contributed by atoms with Gasteiger partial charge in [-0.2, -0.15) is 0 Å². The van der Waals surface area contributed by atoms with Crippen molar-refractivity contribution >= 4 is 22.8 Å². The van der Waals surface area contributed by atoms with E-state index in [9.17, 15) is 4.79 Å². The molecule has 0 fully saturated rings. The minimum atomic E-state index is 0.0520. The van der Waals surface area contributed by atoms with Crippen LogP contribution in [-0.2, 0) is 11.2 Å². The van der Waals surface area contributed by atoms with E-state index in [0.717, 1.165) is 22.0 Å². The molecule has 21 heavy (non-hydrogen) atoms. The highest BCUT2D eigenvalue weighted by molar-refractivity contribution is 5.95. The Bertz CT molecular complexity index is 794. The number of nitrogens with zero attached hydrogens (tertiary/aromatic N) is 2. The number of pyridine rings is 2. The Morgan fingerprint density at radius 1 is 1.10 bits per heavy atom. The van der Waals surface area contributed by atoms with E-state index in [4.69, 9.17) is 0 Å². The van der Waals surface area contributed by atoms with Crippen LogP contribution >= 0.6 is 0 Å². The molecule has 2 heterocycles. The first-order valence-corrected chi connectivity index (χ1v) is 6.76. The van der Waals surface area contributed by atoms with Crippen LogP contribution in [0.5, 0.6) is 0 Å². The van der Waals surface area contributed by atoms with E-state index in [-0.39, 0.29) is 5.78 Å². The normalized spacial score (nSPS) is 11.0. The monoisotopic (exact) mass is 274 g/mol. The molecule has 2 aromatic heterocycles. The molecule has 0 unspecified atom stereocenters. The first kappa shape index (κ1) is 13.2. The topological polar surface area (TPSA) is 42.9 Å². The highest BCUT2D eigenvalue weighted by Crippen LogP contribution is 2.13. The number of rotatable bonds is 4. The molecule has 0 aliphatic heterocycles. The van der Waals surface area contributed by atoms with Crippen molar-refractivity contribution < 1.29 is 4.79 Å². The van der Waals surface area contributed by atoms with Gasteiger partial charge in [0.1, 0.15) is 0 Å². The largest absolute Gasteiger partial charge is 0.294 e. The molecule has 0 bridgehead atoms. The summed E-state index contributed by atoms with van der Waals surface area (Å²) in [6, 6.07) is 13.7. The molecule has 0 saturated heterocycles. The number of ketones is 1. The molecule has 0 saturated carbocycles. The summed E-state index contributed by atoms with van der Waals surface area (Å²) in [5.41, 5.74) is 2.80. The van der Waals surface area contributed by atoms with Gasteiger partial charge < -0.3 is 0 Å². The molecule has 0 aliphatic rings. The molecule has 3 nitrogen and oxygen atoms in total. The molecule has 0 N–H and O–H groups in total. The number of para-hydroxylation sites is 1. The quantitative estimate of drug-likeness (QED) is 0.684. The Morgan fingerprint density at radius 3 is 2.86 bits per heavy atom. The summed E-state index contributed by atoms with van der Waals surface area (Å²) in [6.45, 7) is 0. The van der Waals surface area contributed by atoms with Crippen molar-refractivity contribution in [2.45, 2.75) is 6.42 Å². The van der Waals surface area contributed by atoms with Crippen molar-refractivity contribution in [3.8, 4) is 0 Å². The number of fused-ring (bicyclic) bond motifs is 1. The Kier molecular flexibility index (Phi) is 3.83. The van der Waals surface area contributed by atoms with Crippen molar-refractivity contribution in [1.82, 2.24) is 9.97 Å². The van der Waals surface area contributed by atoms with Crippen LogP contribution in [-0.4, -0.2) is 15.8 Å². The Morgan fingerprint density at radius 2 is 2.00 bits per heavy atom. The molecule has 0 radical (unpaired) electrons. The zero-order valence-corrected chi connectivity index (χ0v) is 11.4. The lowest BCUT2D eigenvalue weighted by atomic mass is 10.1. The molecule has 3 heteroatoms. The Hall–Kier alpha value is -2.81. The number of carbonyl (C=O) groups is 1. The van der Waals surface area contributed by atoms with Crippen molar-refractivity contribution in [2.75, 3.05) is 0 Å². The third kappa shape index (κ3) is 3.39. The molecule has 0 atom stereocenters. The van der Waals surface area contributed by atoms with Crippen LogP contribution < -0.4 is 0 Å². The third-order valence-electron chi connectivity index (χ3n) is 3.17. The van der Waals surface area contributed by atoms with Crippen LogP contribution in [0.1, 0.15) is 11.1 Å². The van der Waals surface area contributed by atoms with Gasteiger partial charge >= 0.3 is 0 Å². The second-order valence-electron chi connectivity index (χ2n) is 4.80. The number of hydrogen-bond acceptors (Lipinski definition) is 3. The first-order valence-electron chi connectivity index (χ1n) is 6.76. The molecular formula is C18H14N2O. The maximum atomic E-state index is 11.9. The lowest BCUT2D eigenvalue weighted by molar-refractivity contribution is -0.113. The fourth-order valence-electron chi connectivity index (χ4n) is 2.13. The standard InChI is InChI=1S/C18H14N2O/c21-17(11-14-4-3-9-19-12-14)8-7-15-10-16-5-1-2-6-18(16)20-13-15/h1-10,12-13H,11H2. The predicted molar refractivity (Wildman–Crippen MR) is 83.7 cm³/mol. The number of allylic oxidation sites excluding steroid dienone is 1. The molecule has 102 valence electrons. The van der Waals surface area contributed by atoms with E-state index in [1.54, 1.807) is 30.7 Å². The van der Waals surface area contributed by atoms with Gasteiger partial charge in [0.05, 0.1) is 5.52 Å². The highest BCUT2D eigenvalue weighted by Gasteiger charge is 2.00. The smallest absolute Gasteiger partial charge is 0.160 e. The summed E-state index contributed by atoms with van der Waals surface area (Å²) in [4.78, 5) is 20.3. The fourth-order valence-corrected chi connectivity index (χ4v) is 2.13. The number of carbonyl (C=O) groups excluding carboxylic acids is 1. The van der Waals surface area contributed by atoms with E-state index in [2.05, 4.69) is 9.97 Å². The molecule has 3 aromatic rings. The van der Waals surface area contributed by atoms with Crippen molar-refractivity contribution in [2.24, 2.45) is 0 Å². The summed E-state index contributed by atoms with van der Waals surface area (Å²) in [7, 11) is 0. The number of benzene rings is 1. The average Bonchev–Trinajstić information content (AvgIpc) is 2.54. The van der Waals surface area contributed by atoms with Crippen LogP contribution in [0, 0.1) is 0 Å². The molecule has 1 aromatic carbocycles. The van der Waals surface area contributed by atoms with Crippen molar-refractivity contribution in [3.05, 3.63) is 78.3 Å². The molecule has 3 rings (SSSR count). The van der Waals surface area contributed by atoms with Gasteiger partial charge in [0.25, 0.3) is 0 Å². The van der Waals surface area contributed by atoms with Crippen LogP contribution in [0.2, 0.25) is 0 Å². The summed E-state index contributed by atoms with van der Waals surface area (Å²) in [5, 5.41) is 1.07. The minimum absolute atomic E-state index is 0.0520. The van der Waals surface area contributed by atoms with Crippen LogP contribution in [0.3, 0.4) is 0 Å². The van der Waals surface area contributed by atoms with E-state index in [0.29, 0.717) is 6.42 Å². The lowest BCUT2D eigenvalue weighted by Crippen LogP contribution is -1.98. The van der Waals surface area contributed by atoms with Gasteiger partial charge in [-0.3, -0.25) is 14.8 Å². The van der Waals surface area contributed by atoms with E-state index in [1.807, 2.05) is 42.5 Å². The minimum Gasteiger partial charge on any atom is -0.294 e. The Balaban J connectivity index is 1.73. The van der Waals surface area contributed by atoms with Crippen molar-refractivity contribution in [1.29, 1.82) is 0 Å². The molecular weight excluding hydrogens is 260 g/mol. The van der Waals surface area contributed by atoms with Gasteiger partial charge in [0.15, 0.2) is 5.78 Å². The third-order valence-corrected chi connectivity index (χ3v) is 3.17. The second-order valence-corrected chi connectivity index (χ2v) is 4.80. The van der Waals surface area contributed by atoms with Gasteiger partial charge in [-0.1, -0.05) is 24.3 Å². The predicted octanol–water partition coefficient (Wildman–Crippen LogP) is 3.45. The number of hydrogen-bond donors (Lipinski definition) is 0. The summed E-state index contributed by atoms with van der Waals surface area (Å²) in [6.07, 6.45) is 8.95. The highest BCUT2D eigenvalue weighted by atomic mass is 16.1. The Labute approximate surface area is 123 Å². The average molecular weight is 274 g/mol. The first-order chi connectivity index (χ1) is 10.3. The van der Waals surface area contributed by atoms with Gasteiger partial charge in [-0.25, -0.2) is 0 Å². The molecule has 0 amide bonds. The summed E-state index contributed by atoms with van der Waals surface area (Å²) in [5.74, 6) is 0.0520. The zero-order valence-electron chi connectivity index (χ0n) is 11.4. The van der Waals surface area contributed by atoms with Crippen molar-refractivity contribution in [3.63, 3.8) is 0 Å². The SMILES string of the molecule is O=C(C=Cc1cnc2ccccc2c1)Cc1cccnc1. The fraction of sp³-hybridized carbons (Fsp3) is 0.0556. The lowest BCUT2D eigenvalue weighted by Gasteiger charge is -1.98. The van der Waals surface area contributed by atoms with E-state index < -0.39 is 0 Å². The van der Waals surface area contributed by atoms with Gasteiger partial charge in [0.2, 0.25) is 0 Å². The maximum absolute atomic E-state index is 11.9. The van der Waals surface area contributed by atoms with Gasteiger partial charge in [-0.05, 0) is 41.5 Å². The van der Waals surface area contributed by atoms with E-state index >= 15 is 0 Å². The molecule has 0 spiro atoms. The van der Waals surface area contributed by atoms with Gasteiger partial charge in [0, 0.05) is 30.4 Å². The van der Waals surface area contributed by atoms with Crippen LogP contribution in [0.15, 0.2) is 67.1 Å². The summed E-state index contributed by atoms with van der Waals surface area (Å²) < 4.78 is 0. The maximum Gasteiger partial charge on any atom is 0.160 e. The number of aromatic nitrogens is 2. The van der Waals surface area contributed by atoms with Crippen LogP contribution in [0.25, 0.3) is 17.0 Å².